The van der Waals surface area contributed by atoms with Gasteiger partial charge in [0, 0.05) is 22.0 Å². The van der Waals surface area contributed by atoms with Crippen LogP contribution in [-0.4, -0.2) is 67.8 Å². The fourth-order valence-electron chi connectivity index (χ4n) is 5.06. The van der Waals surface area contributed by atoms with Gasteiger partial charge in [-0.15, -0.1) is 0 Å². The van der Waals surface area contributed by atoms with Crippen LogP contribution in [0.15, 0.2) is 49.5 Å². The maximum Gasteiger partial charge on any atom is 0.345 e. The zero-order valence-electron chi connectivity index (χ0n) is 24.4. The van der Waals surface area contributed by atoms with Crippen molar-refractivity contribution in [3.8, 4) is 0 Å². The summed E-state index contributed by atoms with van der Waals surface area (Å²) in [6, 6.07) is 7.23. The van der Waals surface area contributed by atoms with Gasteiger partial charge in [-0.2, -0.15) is 0 Å². The van der Waals surface area contributed by atoms with Gasteiger partial charge in [-0.3, -0.25) is 4.79 Å². The number of nitrogens with zero attached hydrogens (tertiary/aromatic N) is 1. The summed E-state index contributed by atoms with van der Waals surface area (Å²) in [6.07, 6.45) is 0.608. The zero-order chi connectivity index (χ0) is 31.1. The second-order valence-corrected chi connectivity index (χ2v) is 13.7. The molecule has 1 amide bonds. The summed E-state index contributed by atoms with van der Waals surface area (Å²) in [6.45, 7) is 7.50. The van der Waals surface area contributed by atoms with Crippen molar-refractivity contribution in [3.05, 3.63) is 55.0 Å². The second kappa shape index (κ2) is 11.8. The molecule has 1 atom stereocenters. The van der Waals surface area contributed by atoms with Crippen LogP contribution in [0.2, 0.25) is 0 Å². The van der Waals surface area contributed by atoms with Crippen LogP contribution >= 0.6 is 35.3 Å². The highest BCUT2D eigenvalue weighted by Gasteiger charge is 2.61. The lowest BCUT2D eigenvalue weighted by Gasteiger charge is -2.51. The van der Waals surface area contributed by atoms with Crippen LogP contribution in [0.5, 0.6) is 0 Å². The first-order valence-corrected chi connectivity index (χ1v) is 15.4. The molecule has 3 aliphatic heterocycles. The number of fused-ring (bicyclic) bond motifs is 3. The monoisotopic (exact) mass is 633 g/mol. The predicted octanol–water partition coefficient (Wildman–Crippen LogP) is 4.65. The Balaban J connectivity index is 2.15. The average molecular weight is 634 g/mol. The van der Waals surface area contributed by atoms with Gasteiger partial charge in [0.25, 0.3) is 0 Å². The van der Waals surface area contributed by atoms with E-state index >= 15 is 0 Å². The highest BCUT2D eigenvalue weighted by molar-refractivity contribution is 8.26. The third-order valence-electron chi connectivity index (χ3n) is 7.30. The fraction of sp³-hybridized carbons (Fsp3) is 0.414. The largest absolute Gasteiger partial charge is 0.466 e. The summed E-state index contributed by atoms with van der Waals surface area (Å²) in [4.78, 5) is 69.0. The number of methoxy groups -OCH3 is 4. The van der Waals surface area contributed by atoms with Crippen LogP contribution < -0.4 is 4.90 Å². The van der Waals surface area contributed by atoms with Gasteiger partial charge in [-0.1, -0.05) is 67.3 Å². The summed E-state index contributed by atoms with van der Waals surface area (Å²) in [5, 5.41) is 0. The van der Waals surface area contributed by atoms with E-state index in [1.807, 2.05) is 45.9 Å². The van der Waals surface area contributed by atoms with Crippen LogP contribution in [0, 0.1) is 5.92 Å². The number of anilines is 1. The van der Waals surface area contributed by atoms with E-state index < -0.39 is 33.5 Å². The molecule has 0 N–H and O–H groups in total. The molecule has 224 valence electrons. The first kappa shape index (κ1) is 31.8. The molecule has 0 aromatic heterocycles. The molecular formula is C29H31NO9S3. The SMILES string of the molecule is CC[C@H](C)C(=O)N1c2ccccc2C2=C(SC(C(=O)OC)=C(C(=O)OC)C23SC(C(=O)OC)=C(C(=O)OC)S3)C1(C)C. The normalized spacial score (nSPS) is 19.2. The minimum Gasteiger partial charge on any atom is -0.466 e. The Morgan fingerprint density at radius 1 is 0.810 bits per heavy atom. The Kier molecular flexibility index (Phi) is 8.96. The van der Waals surface area contributed by atoms with Crippen LogP contribution in [-0.2, 0) is 42.9 Å². The van der Waals surface area contributed by atoms with Gasteiger partial charge in [0.2, 0.25) is 5.91 Å². The van der Waals surface area contributed by atoms with Crippen molar-refractivity contribution in [2.24, 2.45) is 5.92 Å². The quantitative estimate of drug-likeness (QED) is 0.320. The van der Waals surface area contributed by atoms with Crippen molar-refractivity contribution in [1.29, 1.82) is 0 Å². The van der Waals surface area contributed by atoms with E-state index in [1.54, 1.807) is 11.0 Å². The van der Waals surface area contributed by atoms with Gasteiger partial charge >= 0.3 is 23.9 Å². The predicted molar refractivity (Wildman–Crippen MR) is 162 cm³/mol. The molecule has 3 heterocycles. The van der Waals surface area contributed by atoms with E-state index in [2.05, 4.69) is 0 Å². The van der Waals surface area contributed by atoms with E-state index in [0.717, 1.165) is 35.3 Å². The number of thioether (sulfide) groups is 3. The van der Waals surface area contributed by atoms with Gasteiger partial charge < -0.3 is 23.8 Å². The molecule has 0 radical (unpaired) electrons. The Bertz CT molecular complexity index is 1460. The molecule has 10 nitrogen and oxygen atoms in total. The summed E-state index contributed by atoms with van der Waals surface area (Å²) < 4.78 is 18.7. The molecule has 0 aliphatic carbocycles. The van der Waals surface area contributed by atoms with Crippen molar-refractivity contribution in [1.82, 2.24) is 0 Å². The smallest absolute Gasteiger partial charge is 0.345 e. The summed E-state index contributed by atoms with van der Waals surface area (Å²) in [7, 11) is 4.72. The molecular weight excluding hydrogens is 603 g/mol. The molecule has 1 aromatic rings. The van der Waals surface area contributed by atoms with Gasteiger partial charge in [0.1, 0.15) is 18.8 Å². The molecule has 1 aromatic carbocycles. The fourth-order valence-corrected chi connectivity index (χ4v) is 10.1. The Morgan fingerprint density at radius 2 is 1.31 bits per heavy atom. The maximum absolute atomic E-state index is 13.9. The lowest BCUT2D eigenvalue weighted by atomic mass is 9.82. The van der Waals surface area contributed by atoms with Gasteiger partial charge in [0.05, 0.1) is 45.2 Å². The number of carbonyl (C=O) groups excluding carboxylic acids is 5. The molecule has 0 saturated carbocycles. The highest BCUT2D eigenvalue weighted by atomic mass is 32.2. The van der Waals surface area contributed by atoms with Crippen LogP contribution in [0.1, 0.15) is 39.7 Å². The third-order valence-corrected chi connectivity index (χ3v) is 12.0. The minimum atomic E-state index is -1.59. The number of benzene rings is 1. The molecule has 0 unspecified atom stereocenters. The van der Waals surface area contributed by atoms with Crippen molar-refractivity contribution in [3.63, 3.8) is 0 Å². The number of para-hydroxylation sites is 1. The van der Waals surface area contributed by atoms with Gasteiger partial charge in [0.15, 0.2) is 0 Å². The van der Waals surface area contributed by atoms with E-state index in [9.17, 15) is 24.0 Å². The third kappa shape index (κ3) is 4.75. The first-order valence-electron chi connectivity index (χ1n) is 12.9. The lowest BCUT2D eigenvalue weighted by Crippen LogP contribution is -2.55. The summed E-state index contributed by atoms with van der Waals surface area (Å²) in [5.74, 6) is -3.71. The van der Waals surface area contributed by atoms with Crippen LogP contribution in [0.25, 0.3) is 5.57 Å². The zero-order valence-corrected chi connectivity index (χ0v) is 26.9. The molecule has 13 heteroatoms. The molecule has 1 spiro atoms. The second-order valence-electron chi connectivity index (χ2n) is 10.0. The van der Waals surface area contributed by atoms with Crippen molar-refractivity contribution in [2.75, 3.05) is 33.3 Å². The average Bonchev–Trinajstić information content (AvgIpc) is 3.38. The molecule has 0 fully saturated rings. The number of ether oxygens (including phenoxy) is 4. The van der Waals surface area contributed by atoms with Crippen molar-refractivity contribution >= 4 is 76.3 Å². The van der Waals surface area contributed by atoms with Crippen molar-refractivity contribution in [2.45, 2.75) is 43.7 Å². The molecule has 0 bridgehead atoms. The lowest BCUT2D eigenvalue weighted by molar-refractivity contribution is -0.138. The van der Waals surface area contributed by atoms with E-state index in [0.29, 0.717) is 28.1 Å². The van der Waals surface area contributed by atoms with Crippen LogP contribution in [0.3, 0.4) is 0 Å². The van der Waals surface area contributed by atoms with Crippen LogP contribution in [0.4, 0.5) is 5.69 Å². The number of carbonyl (C=O) groups is 5. The number of amides is 1. The Hall–Kier alpha value is -3.16. The Morgan fingerprint density at radius 3 is 1.81 bits per heavy atom. The molecule has 3 aliphatic rings. The van der Waals surface area contributed by atoms with Gasteiger partial charge in [-0.05, 0) is 26.3 Å². The number of hydrogen-bond donors (Lipinski definition) is 0. The van der Waals surface area contributed by atoms with Crippen molar-refractivity contribution < 1.29 is 42.9 Å². The molecule has 0 saturated heterocycles. The molecule has 4 rings (SSSR count). The maximum atomic E-state index is 13.9. The topological polar surface area (TPSA) is 126 Å². The standard InChI is InChI=1S/C29H31NO9S3/c1-9-14(2)23(31)30-16-13-11-10-12-15(16)17-22(28(30,3)4)40-19(25(33)37-6)18(24(32)36-5)29(17)41-20(26(34)38-7)21(42-29)27(35)39-8/h10-14H,9H2,1-8H3/t14-/m0/s1. The number of rotatable bonds is 6. The number of esters is 4. The molecule has 42 heavy (non-hydrogen) atoms. The Labute approximate surface area is 256 Å². The van der Waals surface area contributed by atoms with E-state index in [1.165, 1.54) is 28.4 Å². The van der Waals surface area contributed by atoms with E-state index in [-0.39, 0.29) is 32.1 Å². The summed E-state index contributed by atoms with van der Waals surface area (Å²) in [5.41, 5.74) is 0.581. The minimum absolute atomic E-state index is 0.0816. The summed E-state index contributed by atoms with van der Waals surface area (Å²) >= 11 is 2.81. The number of hydrogen-bond acceptors (Lipinski definition) is 12. The highest BCUT2D eigenvalue weighted by Crippen LogP contribution is 2.71. The first-order chi connectivity index (χ1) is 19.9. The van der Waals surface area contributed by atoms with Gasteiger partial charge in [-0.25, -0.2) is 19.2 Å². The van der Waals surface area contributed by atoms with E-state index in [4.69, 9.17) is 18.9 Å².